The van der Waals surface area contributed by atoms with E-state index in [0.717, 1.165) is 16.7 Å². The van der Waals surface area contributed by atoms with E-state index in [1.807, 2.05) is 0 Å². The average molecular weight is 529 g/mol. The predicted octanol–water partition coefficient (Wildman–Crippen LogP) is 8.22. The Kier molecular flexibility index (Phi) is 5.47. The lowest BCUT2D eigenvalue weighted by atomic mass is 10.0. The molecule has 0 bridgehead atoms. The smallest absolute Gasteiger partial charge is 0.146 e. The maximum Gasteiger partial charge on any atom is 0.146 e. The molecule has 0 saturated carbocycles. The third-order valence-electron chi connectivity index (χ3n) is 7.73. The number of hydrogen-bond donors (Lipinski definition) is 0. The van der Waals surface area contributed by atoms with Crippen molar-refractivity contribution in [2.24, 2.45) is 0 Å². The number of benzene rings is 6. The quantitative estimate of drug-likeness (QED) is 0.166. The molecule has 6 aromatic carbocycles. The molecule has 0 amide bonds. The summed E-state index contributed by atoms with van der Waals surface area (Å²) in [7, 11) is -0.723. The van der Waals surface area contributed by atoms with Gasteiger partial charge in [-0.05, 0) is 58.5 Å². The Labute approximate surface area is 233 Å². The van der Waals surface area contributed by atoms with Crippen LogP contribution in [0.5, 0.6) is 0 Å². The molecule has 2 nitrogen and oxygen atoms in total. The average Bonchev–Trinajstić information content (AvgIpc) is 3.42. The van der Waals surface area contributed by atoms with Gasteiger partial charge < -0.3 is 0 Å². The van der Waals surface area contributed by atoms with E-state index in [-0.39, 0.29) is 0 Å². The lowest BCUT2D eigenvalue weighted by Gasteiger charge is -2.20. The first-order valence-electron chi connectivity index (χ1n) is 13.6. The van der Waals surface area contributed by atoms with E-state index in [0.29, 0.717) is 0 Å². The number of aromatic nitrogens is 2. The van der Waals surface area contributed by atoms with Crippen molar-refractivity contribution in [3.63, 3.8) is 0 Å². The molecule has 40 heavy (non-hydrogen) atoms. The summed E-state index contributed by atoms with van der Waals surface area (Å²) in [6, 6.07) is 54.8. The van der Waals surface area contributed by atoms with Crippen molar-refractivity contribution >= 4 is 62.2 Å². The van der Waals surface area contributed by atoms with Crippen molar-refractivity contribution in [1.82, 2.24) is 9.38 Å². The fourth-order valence-corrected chi connectivity index (χ4v) is 8.21. The second-order valence-electron chi connectivity index (χ2n) is 10.1. The van der Waals surface area contributed by atoms with Crippen LogP contribution in [0.25, 0.3) is 49.5 Å². The molecule has 0 aliphatic heterocycles. The van der Waals surface area contributed by atoms with Crippen LogP contribution in [-0.4, -0.2) is 9.38 Å². The SMILES string of the molecule is c1ccc(-c2ccc3nc4c5ccccc5c5ccc(P(c6ccccc6)c6ccccc6)cc5n4c3c2)cc1. The zero-order chi connectivity index (χ0) is 26.5. The number of hydrogen-bond acceptors (Lipinski definition) is 1. The van der Waals surface area contributed by atoms with Gasteiger partial charge >= 0.3 is 0 Å². The number of rotatable bonds is 4. The maximum absolute atomic E-state index is 5.19. The largest absolute Gasteiger partial charge is 0.292 e. The molecule has 188 valence electrons. The van der Waals surface area contributed by atoms with Crippen LogP contribution >= 0.6 is 7.92 Å². The summed E-state index contributed by atoms with van der Waals surface area (Å²) in [6.45, 7) is 0. The number of imidazole rings is 1. The van der Waals surface area contributed by atoms with E-state index in [1.54, 1.807) is 0 Å². The number of pyridine rings is 1. The van der Waals surface area contributed by atoms with Gasteiger partial charge in [0.05, 0.1) is 16.6 Å². The lowest BCUT2D eigenvalue weighted by Crippen LogP contribution is -2.20. The minimum absolute atomic E-state index is 0.723. The minimum atomic E-state index is -0.723. The van der Waals surface area contributed by atoms with E-state index in [9.17, 15) is 0 Å². The van der Waals surface area contributed by atoms with E-state index >= 15 is 0 Å². The van der Waals surface area contributed by atoms with Gasteiger partial charge in [-0.25, -0.2) is 4.98 Å². The first-order chi connectivity index (χ1) is 19.8. The van der Waals surface area contributed by atoms with E-state index in [2.05, 4.69) is 156 Å². The second-order valence-corrected chi connectivity index (χ2v) is 12.3. The number of fused-ring (bicyclic) bond motifs is 8. The predicted molar refractivity (Wildman–Crippen MR) is 172 cm³/mol. The fraction of sp³-hybridized carbons (Fsp3) is 0. The Morgan fingerprint density at radius 2 is 1.05 bits per heavy atom. The Bertz CT molecular complexity index is 2110. The summed E-state index contributed by atoms with van der Waals surface area (Å²) >= 11 is 0. The molecule has 0 fully saturated rings. The van der Waals surface area contributed by atoms with Gasteiger partial charge in [0, 0.05) is 10.8 Å². The molecular weight excluding hydrogens is 503 g/mol. The molecule has 8 rings (SSSR count). The molecule has 0 radical (unpaired) electrons. The summed E-state index contributed by atoms with van der Waals surface area (Å²) in [5, 5.41) is 7.68. The molecule has 2 aromatic heterocycles. The van der Waals surface area contributed by atoms with Crippen LogP contribution in [0.4, 0.5) is 0 Å². The van der Waals surface area contributed by atoms with E-state index in [4.69, 9.17) is 4.98 Å². The molecule has 0 spiro atoms. The summed E-state index contributed by atoms with van der Waals surface area (Å²) in [4.78, 5) is 5.19. The molecule has 0 atom stereocenters. The monoisotopic (exact) mass is 528 g/mol. The third-order valence-corrected chi connectivity index (χ3v) is 10.2. The summed E-state index contributed by atoms with van der Waals surface area (Å²) in [5.74, 6) is 0. The van der Waals surface area contributed by atoms with Gasteiger partial charge in [0.1, 0.15) is 5.65 Å². The van der Waals surface area contributed by atoms with Crippen LogP contribution in [0.15, 0.2) is 152 Å². The second kappa shape index (κ2) is 9.45. The van der Waals surface area contributed by atoms with Crippen molar-refractivity contribution in [2.45, 2.75) is 0 Å². The molecular formula is C37H25N2P. The molecule has 8 aromatic rings. The Hall–Kier alpha value is -4.78. The zero-order valence-electron chi connectivity index (χ0n) is 21.8. The molecule has 0 aliphatic carbocycles. The van der Waals surface area contributed by atoms with Crippen LogP contribution in [0.2, 0.25) is 0 Å². The van der Waals surface area contributed by atoms with E-state index in [1.165, 1.54) is 48.7 Å². The summed E-state index contributed by atoms with van der Waals surface area (Å²) in [5.41, 5.74) is 6.75. The normalized spacial score (nSPS) is 11.7. The van der Waals surface area contributed by atoms with Crippen molar-refractivity contribution in [1.29, 1.82) is 0 Å². The minimum Gasteiger partial charge on any atom is -0.292 e. The first kappa shape index (κ1) is 23.1. The van der Waals surface area contributed by atoms with Gasteiger partial charge in [-0.3, -0.25) is 4.40 Å². The molecule has 0 N–H and O–H groups in total. The Morgan fingerprint density at radius 1 is 0.425 bits per heavy atom. The number of nitrogens with zero attached hydrogens (tertiary/aromatic N) is 2. The van der Waals surface area contributed by atoms with Crippen molar-refractivity contribution in [3.05, 3.63) is 152 Å². The van der Waals surface area contributed by atoms with Gasteiger partial charge in [-0.1, -0.05) is 133 Å². The highest BCUT2D eigenvalue weighted by atomic mass is 31.1. The maximum atomic E-state index is 5.19. The standard InChI is InChI=1S/C37H25N2P/c1-4-12-26(13-5-1)27-20-23-34-36(24-27)39-35-25-30(21-22-32(35)31-18-10-11-19-33(31)37(39)38-34)40(28-14-6-2-7-15-28)29-16-8-3-9-17-29/h1-25H. The zero-order valence-corrected chi connectivity index (χ0v) is 22.7. The topological polar surface area (TPSA) is 17.3 Å². The Morgan fingerprint density at radius 3 is 1.75 bits per heavy atom. The van der Waals surface area contributed by atoms with Gasteiger partial charge in [0.15, 0.2) is 0 Å². The van der Waals surface area contributed by atoms with Crippen LogP contribution in [0, 0.1) is 0 Å². The molecule has 0 saturated heterocycles. The molecule has 2 heterocycles. The lowest BCUT2D eigenvalue weighted by molar-refractivity contribution is 1.32. The molecule has 3 heteroatoms. The molecule has 0 aliphatic rings. The van der Waals surface area contributed by atoms with Crippen LogP contribution < -0.4 is 15.9 Å². The van der Waals surface area contributed by atoms with Crippen molar-refractivity contribution in [2.75, 3.05) is 0 Å². The highest BCUT2D eigenvalue weighted by Gasteiger charge is 2.19. The van der Waals surface area contributed by atoms with Gasteiger partial charge in [0.25, 0.3) is 0 Å². The Balaban J connectivity index is 1.47. The summed E-state index contributed by atoms with van der Waals surface area (Å²) in [6.07, 6.45) is 0. The highest BCUT2D eigenvalue weighted by molar-refractivity contribution is 7.79. The fourth-order valence-electron chi connectivity index (χ4n) is 5.90. The van der Waals surface area contributed by atoms with Crippen LogP contribution in [0.1, 0.15) is 0 Å². The molecule has 0 unspecified atom stereocenters. The third kappa shape index (κ3) is 3.72. The van der Waals surface area contributed by atoms with Gasteiger partial charge in [-0.2, -0.15) is 0 Å². The summed E-state index contributed by atoms with van der Waals surface area (Å²) < 4.78 is 2.38. The van der Waals surface area contributed by atoms with E-state index < -0.39 is 7.92 Å². The van der Waals surface area contributed by atoms with Crippen molar-refractivity contribution < 1.29 is 0 Å². The highest BCUT2D eigenvalue weighted by Crippen LogP contribution is 2.37. The first-order valence-corrected chi connectivity index (χ1v) is 14.9. The van der Waals surface area contributed by atoms with Crippen LogP contribution in [0.3, 0.4) is 0 Å². The van der Waals surface area contributed by atoms with Gasteiger partial charge in [0.2, 0.25) is 0 Å². The van der Waals surface area contributed by atoms with Crippen molar-refractivity contribution in [3.8, 4) is 11.1 Å². The van der Waals surface area contributed by atoms with Crippen LogP contribution in [-0.2, 0) is 0 Å². The van der Waals surface area contributed by atoms with Gasteiger partial charge in [-0.15, -0.1) is 0 Å².